The van der Waals surface area contributed by atoms with Gasteiger partial charge in [-0.05, 0) is 77.0 Å². The molecule has 2 atom stereocenters. The molecule has 0 radical (unpaired) electrons. The average molecular weight is 936 g/mol. The molecule has 0 aromatic rings. The van der Waals surface area contributed by atoms with Gasteiger partial charge in [-0.1, -0.05) is 217 Å². The van der Waals surface area contributed by atoms with Gasteiger partial charge in [0.2, 0.25) is 5.91 Å². The van der Waals surface area contributed by atoms with E-state index in [0.29, 0.717) is 6.42 Å². The van der Waals surface area contributed by atoms with Crippen molar-refractivity contribution in [2.75, 3.05) is 26.4 Å². The quantitative estimate of drug-likeness (QED) is 0.0238. The van der Waals surface area contributed by atoms with Crippen molar-refractivity contribution in [1.29, 1.82) is 0 Å². The largest absolute Gasteiger partial charge is 0.472 e. The molecular weight excluding hydrogens is 834 g/mol. The van der Waals surface area contributed by atoms with Crippen LogP contribution in [0.5, 0.6) is 0 Å². The number of carbonyl (C=O) groups is 2. The summed E-state index contributed by atoms with van der Waals surface area (Å²) in [5.41, 5.74) is 0. The number of unbranched alkanes of at least 4 members (excludes halogenated alkanes) is 30. The van der Waals surface area contributed by atoms with Crippen LogP contribution >= 0.6 is 7.82 Å². The third-order valence-corrected chi connectivity index (χ3v) is 12.7. The maximum atomic E-state index is 12.2. The lowest BCUT2D eigenvalue weighted by Crippen LogP contribution is -2.27. The van der Waals surface area contributed by atoms with Crippen molar-refractivity contribution in [3.8, 4) is 0 Å². The van der Waals surface area contributed by atoms with Gasteiger partial charge in [0.1, 0.15) is 12.7 Å². The number of phosphoric acid groups is 1. The fourth-order valence-corrected chi connectivity index (χ4v) is 8.38. The van der Waals surface area contributed by atoms with Gasteiger partial charge in [0, 0.05) is 19.4 Å². The SMILES string of the molecule is CCCCC/C=C\C/C=C\C/C=C\CCCCCCCCCCC(=O)NCCOP(=O)(O)OCC(O)COC(=O)CCCCCCCCCCCCCCC/C=C/CCCCCCCC. The van der Waals surface area contributed by atoms with Gasteiger partial charge in [0.05, 0.1) is 13.2 Å². The highest BCUT2D eigenvalue weighted by Crippen LogP contribution is 2.42. The third-order valence-electron chi connectivity index (χ3n) is 11.7. The molecule has 9 nitrogen and oxygen atoms in total. The molecule has 2 unspecified atom stereocenters. The zero-order chi connectivity index (χ0) is 47.4. The van der Waals surface area contributed by atoms with Crippen LogP contribution in [0.4, 0.5) is 0 Å². The summed E-state index contributed by atoms with van der Waals surface area (Å²) in [4.78, 5) is 34.1. The van der Waals surface area contributed by atoms with Gasteiger partial charge >= 0.3 is 13.8 Å². The number of hydrogen-bond acceptors (Lipinski definition) is 7. The average Bonchev–Trinajstić information content (AvgIpc) is 3.29. The second-order valence-electron chi connectivity index (χ2n) is 18.2. The van der Waals surface area contributed by atoms with E-state index in [9.17, 15) is 24.2 Å². The Labute approximate surface area is 400 Å². The molecule has 10 heteroatoms. The highest BCUT2D eigenvalue weighted by molar-refractivity contribution is 7.47. The highest BCUT2D eigenvalue weighted by Gasteiger charge is 2.23. The summed E-state index contributed by atoms with van der Waals surface area (Å²) in [5, 5.41) is 12.8. The van der Waals surface area contributed by atoms with E-state index in [4.69, 9.17) is 13.8 Å². The van der Waals surface area contributed by atoms with E-state index < -0.39 is 26.5 Å². The molecule has 0 saturated heterocycles. The van der Waals surface area contributed by atoms with Crippen LogP contribution in [0.15, 0.2) is 48.6 Å². The summed E-state index contributed by atoms with van der Waals surface area (Å²) in [6, 6.07) is 0. The van der Waals surface area contributed by atoms with Gasteiger partial charge in [-0.25, -0.2) is 4.57 Å². The Morgan fingerprint density at radius 3 is 1.29 bits per heavy atom. The van der Waals surface area contributed by atoms with Gasteiger partial charge in [-0.2, -0.15) is 0 Å². The number of allylic oxidation sites excluding steroid dienone is 8. The van der Waals surface area contributed by atoms with Crippen LogP contribution in [0.2, 0.25) is 0 Å². The van der Waals surface area contributed by atoms with E-state index in [0.717, 1.165) is 57.8 Å². The van der Waals surface area contributed by atoms with Crippen molar-refractivity contribution in [3.05, 3.63) is 48.6 Å². The van der Waals surface area contributed by atoms with Crippen LogP contribution < -0.4 is 5.32 Å². The standard InChI is InChI=1S/C55H102NO8P/c1-3-5-7-9-11-13-15-17-19-21-23-25-26-28-30-32-34-36-38-40-42-44-46-48-55(59)62-51-53(57)52-64-65(60,61)63-50-49-56-54(58)47-45-43-41-39-37-35-33-31-29-27-24-22-20-18-16-14-12-10-8-6-4-2/h12,14,17-20,24,27,53,57H,3-11,13,15-16,21-23,25-26,28-52H2,1-2H3,(H,56,58)(H,60,61)/b14-12-,19-17+,20-18-,27-24-. The second kappa shape index (κ2) is 51.4. The maximum Gasteiger partial charge on any atom is 0.472 e. The Morgan fingerprint density at radius 1 is 0.477 bits per heavy atom. The van der Waals surface area contributed by atoms with Crippen LogP contribution in [-0.2, 0) is 27.9 Å². The van der Waals surface area contributed by atoms with Crippen molar-refractivity contribution in [3.63, 3.8) is 0 Å². The molecule has 0 rings (SSSR count). The van der Waals surface area contributed by atoms with Crippen molar-refractivity contribution in [2.24, 2.45) is 0 Å². The number of amides is 1. The summed E-state index contributed by atoms with van der Waals surface area (Å²) in [6.45, 7) is 3.55. The van der Waals surface area contributed by atoms with Crippen LogP contribution in [0, 0.1) is 0 Å². The molecule has 0 bridgehead atoms. The predicted molar refractivity (Wildman–Crippen MR) is 275 cm³/mol. The summed E-state index contributed by atoms with van der Waals surface area (Å²) in [7, 11) is -4.43. The first kappa shape index (κ1) is 63.0. The molecule has 0 aromatic carbocycles. The molecular formula is C55H102NO8P. The van der Waals surface area contributed by atoms with E-state index >= 15 is 0 Å². The number of hydrogen-bond donors (Lipinski definition) is 3. The van der Waals surface area contributed by atoms with Gasteiger partial charge in [0.15, 0.2) is 0 Å². The second-order valence-corrected chi connectivity index (χ2v) is 19.6. The van der Waals surface area contributed by atoms with Crippen LogP contribution in [0.1, 0.15) is 258 Å². The zero-order valence-electron chi connectivity index (χ0n) is 42.2. The van der Waals surface area contributed by atoms with Crippen LogP contribution in [-0.4, -0.2) is 54.3 Å². The topological polar surface area (TPSA) is 131 Å². The lowest BCUT2D eigenvalue weighted by atomic mass is 10.0. The van der Waals surface area contributed by atoms with Crippen molar-refractivity contribution < 1.29 is 37.9 Å². The minimum atomic E-state index is -4.43. The number of carbonyl (C=O) groups excluding carboxylic acids is 2. The van der Waals surface area contributed by atoms with Gasteiger partial charge in [-0.3, -0.25) is 18.6 Å². The van der Waals surface area contributed by atoms with Crippen molar-refractivity contribution in [2.45, 2.75) is 264 Å². The van der Waals surface area contributed by atoms with E-state index in [-0.39, 0.29) is 32.1 Å². The first-order valence-electron chi connectivity index (χ1n) is 27.1. The summed E-state index contributed by atoms with van der Waals surface area (Å²) >= 11 is 0. The Hall–Kier alpha value is -2.03. The molecule has 0 spiro atoms. The number of esters is 1. The Kier molecular flexibility index (Phi) is 49.8. The van der Waals surface area contributed by atoms with E-state index in [1.165, 1.54) is 173 Å². The molecule has 3 N–H and O–H groups in total. The van der Waals surface area contributed by atoms with E-state index in [1.807, 2.05) is 0 Å². The molecule has 0 aliphatic rings. The number of aliphatic hydroxyl groups excluding tert-OH is 1. The molecule has 0 aliphatic carbocycles. The number of rotatable bonds is 51. The van der Waals surface area contributed by atoms with Gasteiger partial charge in [-0.15, -0.1) is 0 Å². The molecule has 0 fully saturated rings. The van der Waals surface area contributed by atoms with Crippen molar-refractivity contribution in [1.82, 2.24) is 5.32 Å². The molecule has 380 valence electrons. The molecule has 0 heterocycles. The Morgan fingerprint density at radius 2 is 0.831 bits per heavy atom. The summed E-state index contributed by atoms with van der Waals surface area (Å²) in [5.74, 6) is -0.517. The van der Waals surface area contributed by atoms with Crippen LogP contribution in [0.3, 0.4) is 0 Å². The first-order chi connectivity index (χ1) is 31.8. The van der Waals surface area contributed by atoms with E-state index in [2.05, 4.69) is 67.8 Å². The minimum absolute atomic E-state index is 0.0772. The van der Waals surface area contributed by atoms with Crippen molar-refractivity contribution >= 4 is 19.7 Å². The number of aliphatic hydroxyl groups is 1. The first-order valence-corrected chi connectivity index (χ1v) is 28.6. The Balaban J connectivity index is 3.55. The maximum absolute atomic E-state index is 12.2. The lowest BCUT2D eigenvalue weighted by Gasteiger charge is -2.15. The van der Waals surface area contributed by atoms with Crippen LogP contribution in [0.25, 0.3) is 0 Å². The highest BCUT2D eigenvalue weighted by atomic mass is 31.2. The molecule has 0 aromatic heterocycles. The number of phosphoric ester groups is 1. The monoisotopic (exact) mass is 936 g/mol. The fraction of sp³-hybridized carbons (Fsp3) is 0.818. The van der Waals surface area contributed by atoms with E-state index in [1.54, 1.807) is 0 Å². The summed E-state index contributed by atoms with van der Waals surface area (Å²) < 4.78 is 27.0. The minimum Gasteiger partial charge on any atom is -0.463 e. The van der Waals surface area contributed by atoms with Gasteiger partial charge < -0.3 is 20.1 Å². The molecule has 1 amide bonds. The lowest BCUT2D eigenvalue weighted by molar-refractivity contribution is -0.147. The number of nitrogens with one attached hydrogen (secondary N) is 1. The smallest absolute Gasteiger partial charge is 0.463 e. The molecule has 0 aliphatic heterocycles. The zero-order valence-corrected chi connectivity index (χ0v) is 43.1. The third kappa shape index (κ3) is 52.8. The van der Waals surface area contributed by atoms with Gasteiger partial charge in [0.25, 0.3) is 0 Å². The normalized spacial score (nSPS) is 13.5. The fourth-order valence-electron chi connectivity index (χ4n) is 7.62. The number of ether oxygens (including phenoxy) is 1. The summed E-state index contributed by atoms with van der Waals surface area (Å²) in [6.07, 6.45) is 61.9. The predicted octanol–water partition coefficient (Wildman–Crippen LogP) is 16.2. The Bertz CT molecular complexity index is 1200. The molecule has 65 heavy (non-hydrogen) atoms. The molecule has 0 saturated carbocycles.